The number of amides is 1. The molecule has 1 fully saturated rings. The molecule has 0 spiro atoms. The van der Waals surface area contributed by atoms with Gasteiger partial charge in [0.15, 0.2) is 0 Å². The van der Waals surface area contributed by atoms with Crippen molar-refractivity contribution in [2.45, 2.75) is 37.9 Å². The van der Waals surface area contributed by atoms with Gasteiger partial charge in [0.2, 0.25) is 5.91 Å². The molecule has 2 aromatic carbocycles. The number of hydrogen-bond donors (Lipinski definition) is 1. The summed E-state index contributed by atoms with van der Waals surface area (Å²) in [6.45, 7) is 0. The van der Waals surface area contributed by atoms with Crippen molar-refractivity contribution in [3.05, 3.63) is 83.1 Å². The maximum Gasteiger partial charge on any atom is 0.416 e. The van der Waals surface area contributed by atoms with Crippen molar-refractivity contribution in [1.82, 2.24) is 14.7 Å². The fraction of sp³-hybridized carbons (Fsp3) is 0.231. The average molecular weight is 484 g/mol. The molecule has 8 heteroatoms. The molecule has 0 aliphatic heterocycles. The Labute approximate surface area is 199 Å². The van der Waals surface area contributed by atoms with Crippen LogP contribution >= 0.6 is 11.6 Å². The first-order valence-corrected chi connectivity index (χ1v) is 11.4. The summed E-state index contributed by atoms with van der Waals surface area (Å²) in [4.78, 5) is 17.1. The summed E-state index contributed by atoms with van der Waals surface area (Å²) in [6.07, 6.45) is 0.111. The van der Waals surface area contributed by atoms with Crippen LogP contribution in [0.2, 0.25) is 5.02 Å². The predicted octanol–water partition coefficient (Wildman–Crippen LogP) is 6.55. The molecule has 1 saturated carbocycles. The second-order valence-corrected chi connectivity index (χ2v) is 8.92. The molecule has 5 rings (SSSR count). The number of hydrogen-bond acceptors (Lipinski definition) is 2. The fourth-order valence-corrected chi connectivity index (χ4v) is 4.10. The number of nitrogens with one attached hydrogen (secondary N) is 1. The zero-order valence-corrected chi connectivity index (χ0v) is 18.8. The van der Waals surface area contributed by atoms with Crippen LogP contribution in [0, 0.1) is 0 Å². The molecule has 0 saturated heterocycles. The van der Waals surface area contributed by atoms with E-state index in [1.165, 1.54) is 6.07 Å². The number of imidazole rings is 1. The van der Waals surface area contributed by atoms with Crippen LogP contribution in [0.15, 0.2) is 66.9 Å². The van der Waals surface area contributed by atoms with Gasteiger partial charge >= 0.3 is 6.18 Å². The Morgan fingerprint density at radius 1 is 1.03 bits per heavy atom. The molecule has 0 radical (unpaired) electrons. The van der Waals surface area contributed by atoms with Crippen LogP contribution in [0.4, 0.5) is 13.2 Å². The Bertz CT molecular complexity index is 1360. The van der Waals surface area contributed by atoms with Crippen molar-refractivity contribution in [2.75, 3.05) is 0 Å². The standard InChI is InChI=1S/C26H21ClF3N3O/c27-20-7-4-16(5-8-20)25-22(11-13-24(34)31-21-9-10-21)33-15-18(6-12-23(33)32-25)17-2-1-3-19(14-17)26(28,29)30/h1-8,12,14-15,21H,9-11,13H2,(H,31,34). The SMILES string of the molecule is O=C(CCc1c(-c2ccc(Cl)cc2)nc2ccc(-c3cccc(C(F)(F)F)c3)cn12)NC1CC1. The first kappa shape index (κ1) is 22.5. The summed E-state index contributed by atoms with van der Waals surface area (Å²) in [5, 5.41) is 3.60. The third kappa shape index (κ3) is 4.80. The highest BCUT2D eigenvalue weighted by Gasteiger charge is 2.30. The maximum absolute atomic E-state index is 13.2. The lowest BCUT2D eigenvalue weighted by Crippen LogP contribution is -2.25. The molecule has 0 atom stereocenters. The van der Waals surface area contributed by atoms with Gasteiger partial charge in [-0.2, -0.15) is 13.2 Å². The van der Waals surface area contributed by atoms with Crippen molar-refractivity contribution in [3.63, 3.8) is 0 Å². The van der Waals surface area contributed by atoms with E-state index in [0.717, 1.165) is 41.9 Å². The van der Waals surface area contributed by atoms with E-state index in [0.29, 0.717) is 34.6 Å². The van der Waals surface area contributed by atoms with Gasteiger partial charge in [-0.25, -0.2) is 4.98 Å². The first-order chi connectivity index (χ1) is 16.3. The third-order valence-electron chi connectivity index (χ3n) is 5.89. The molecule has 174 valence electrons. The number of carbonyl (C=O) groups excluding carboxylic acids is 1. The third-order valence-corrected chi connectivity index (χ3v) is 6.14. The lowest BCUT2D eigenvalue weighted by molar-refractivity contribution is -0.137. The lowest BCUT2D eigenvalue weighted by atomic mass is 10.0. The monoisotopic (exact) mass is 483 g/mol. The van der Waals surface area contributed by atoms with Crippen LogP contribution in [0.3, 0.4) is 0 Å². The highest BCUT2D eigenvalue weighted by molar-refractivity contribution is 6.30. The molecule has 1 amide bonds. The number of benzene rings is 2. The molecule has 0 unspecified atom stereocenters. The zero-order chi connectivity index (χ0) is 23.9. The minimum absolute atomic E-state index is 0.0199. The van der Waals surface area contributed by atoms with E-state index in [1.54, 1.807) is 36.5 Å². The minimum atomic E-state index is -4.42. The Hall–Kier alpha value is -3.32. The van der Waals surface area contributed by atoms with Crippen LogP contribution in [-0.4, -0.2) is 21.3 Å². The molecule has 4 aromatic rings. The number of carbonyl (C=O) groups is 1. The van der Waals surface area contributed by atoms with E-state index in [4.69, 9.17) is 16.6 Å². The Kier molecular flexibility index (Phi) is 5.81. The van der Waals surface area contributed by atoms with Crippen LogP contribution in [0.5, 0.6) is 0 Å². The highest BCUT2D eigenvalue weighted by Crippen LogP contribution is 2.33. The Morgan fingerprint density at radius 2 is 1.76 bits per heavy atom. The maximum atomic E-state index is 13.2. The molecule has 1 N–H and O–H groups in total. The van der Waals surface area contributed by atoms with E-state index < -0.39 is 11.7 Å². The molecular weight excluding hydrogens is 463 g/mol. The molecule has 0 bridgehead atoms. The molecular formula is C26H21ClF3N3O. The Balaban J connectivity index is 1.56. The van der Waals surface area contributed by atoms with Crippen molar-refractivity contribution < 1.29 is 18.0 Å². The summed E-state index contributed by atoms with van der Waals surface area (Å²) in [7, 11) is 0. The molecule has 1 aliphatic rings. The van der Waals surface area contributed by atoms with Crippen molar-refractivity contribution in [3.8, 4) is 22.4 Å². The average Bonchev–Trinajstić information content (AvgIpc) is 3.55. The number of halogens is 4. The fourth-order valence-electron chi connectivity index (χ4n) is 3.98. The predicted molar refractivity (Wildman–Crippen MR) is 126 cm³/mol. The lowest BCUT2D eigenvalue weighted by Gasteiger charge is -2.10. The van der Waals surface area contributed by atoms with Crippen LogP contribution < -0.4 is 5.32 Å². The van der Waals surface area contributed by atoms with Gasteiger partial charge in [0.25, 0.3) is 0 Å². The van der Waals surface area contributed by atoms with E-state index in [9.17, 15) is 18.0 Å². The smallest absolute Gasteiger partial charge is 0.353 e. The summed E-state index contributed by atoms with van der Waals surface area (Å²) in [6, 6.07) is 16.3. The van der Waals surface area contributed by atoms with Gasteiger partial charge in [-0.3, -0.25) is 4.79 Å². The normalized spacial score (nSPS) is 13.9. The summed E-state index contributed by atoms with van der Waals surface area (Å²) < 4.78 is 41.6. The summed E-state index contributed by atoms with van der Waals surface area (Å²) in [5.41, 5.74) is 3.42. The number of pyridine rings is 1. The summed E-state index contributed by atoms with van der Waals surface area (Å²) in [5.74, 6) is -0.0199. The van der Waals surface area contributed by atoms with E-state index >= 15 is 0 Å². The molecule has 1 aliphatic carbocycles. The number of alkyl halides is 3. The summed E-state index contributed by atoms with van der Waals surface area (Å²) >= 11 is 6.05. The number of rotatable bonds is 6. The van der Waals surface area contributed by atoms with Crippen molar-refractivity contribution in [2.24, 2.45) is 0 Å². The van der Waals surface area contributed by atoms with Crippen molar-refractivity contribution in [1.29, 1.82) is 0 Å². The number of fused-ring (bicyclic) bond motifs is 1. The van der Waals surface area contributed by atoms with Gasteiger partial charge in [-0.1, -0.05) is 35.9 Å². The van der Waals surface area contributed by atoms with Crippen LogP contribution in [-0.2, 0) is 17.4 Å². The number of nitrogens with zero attached hydrogens (tertiary/aromatic N) is 2. The van der Waals surface area contributed by atoms with E-state index in [2.05, 4.69) is 5.32 Å². The van der Waals surface area contributed by atoms with Crippen LogP contribution in [0.1, 0.15) is 30.5 Å². The molecule has 34 heavy (non-hydrogen) atoms. The Morgan fingerprint density at radius 3 is 2.47 bits per heavy atom. The van der Waals surface area contributed by atoms with E-state index in [-0.39, 0.29) is 11.9 Å². The van der Waals surface area contributed by atoms with Gasteiger partial charge in [0, 0.05) is 29.2 Å². The van der Waals surface area contributed by atoms with Gasteiger partial charge in [0.05, 0.1) is 17.0 Å². The molecule has 4 nitrogen and oxygen atoms in total. The topological polar surface area (TPSA) is 46.4 Å². The van der Waals surface area contributed by atoms with Gasteiger partial charge < -0.3 is 9.72 Å². The van der Waals surface area contributed by atoms with Gasteiger partial charge in [-0.15, -0.1) is 0 Å². The quantitative estimate of drug-likeness (QED) is 0.338. The molecule has 2 heterocycles. The second-order valence-electron chi connectivity index (χ2n) is 8.48. The van der Waals surface area contributed by atoms with Gasteiger partial charge in [-0.05, 0) is 66.8 Å². The molecule has 2 aromatic heterocycles. The van der Waals surface area contributed by atoms with Gasteiger partial charge in [0.1, 0.15) is 5.65 Å². The van der Waals surface area contributed by atoms with Crippen LogP contribution in [0.25, 0.3) is 28.0 Å². The zero-order valence-electron chi connectivity index (χ0n) is 18.1. The number of aromatic nitrogens is 2. The highest BCUT2D eigenvalue weighted by atomic mass is 35.5. The van der Waals surface area contributed by atoms with Crippen molar-refractivity contribution >= 4 is 23.2 Å². The minimum Gasteiger partial charge on any atom is -0.353 e. The first-order valence-electron chi connectivity index (χ1n) is 11.0. The second kappa shape index (κ2) is 8.80. The largest absolute Gasteiger partial charge is 0.416 e. The number of aryl methyl sites for hydroxylation is 1. The van der Waals surface area contributed by atoms with E-state index in [1.807, 2.05) is 16.5 Å².